The zero-order valence-electron chi connectivity index (χ0n) is 8.16. The molecule has 0 aromatic heterocycles. The third-order valence-electron chi connectivity index (χ3n) is 2.86. The van der Waals surface area contributed by atoms with Crippen molar-refractivity contribution in [2.24, 2.45) is 0 Å². The number of nitriles is 1. The summed E-state index contributed by atoms with van der Waals surface area (Å²) in [5.41, 5.74) is 2.08. The van der Waals surface area contributed by atoms with Gasteiger partial charge in [0.1, 0.15) is 0 Å². The molecular weight excluding hydrogens is 172 g/mol. The fraction of sp³-hybridized carbons (Fsp3) is 0.417. The molecule has 0 spiro atoms. The third-order valence-corrected chi connectivity index (χ3v) is 2.86. The second-order valence-corrected chi connectivity index (χ2v) is 3.72. The maximum Gasteiger partial charge on any atom is 0.0994 e. The number of nitrogens with one attached hydrogen (secondary N) is 1. The lowest BCUT2D eigenvalue weighted by molar-refractivity contribution is 0.460. The molecule has 2 nitrogen and oxygen atoms in total. The molecule has 0 bridgehead atoms. The zero-order valence-corrected chi connectivity index (χ0v) is 8.16. The van der Waals surface area contributed by atoms with Crippen LogP contribution in [0.5, 0.6) is 0 Å². The quantitative estimate of drug-likeness (QED) is 0.728. The summed E-state index contributed by atoms with van der Waals surface area (Å²) < 4.78 is 0. The predicted molar refractivity (Wildman–Crippen MR) is 56.0 cm³/mol. The van der Waals surface area contributed by atoms with Crippen LogP contribution in [0.3, 0.4) is 0 Å². The number of piperidine rings is 1. The molecule has 72 valence electrons. The molecule has 1 saturated heterocycles. The van der Waals surface area contributed by atoms with E-state index in [1.807, 2.05) is 18.2 Å². The Labute approximate surface area is 84.6 Å². The molecule has 1 aliphatic heterocycles. The highest BCUT2D eigenvalue weighted by atomic mass is 14.9. The van der Waals surface area contributed by atoms with E-state index in [9.17, 15) is 0 Å². The van der Waals surface area contributed by atoms with Crippen molar-refractivity contribution in [1.82, 2.24) is 5.32 Å². The fourth-order valence-corrected chi connectivity index (χ4v) is 2.09. The van der Waals surface area contributed by atoms with Gasteiger partial charge in [-0.25, -0.2) is 0 Å². The van der Waals surface area contributed by atoms with Crippen molar-refractivity contribution < 1.29 is 0 Å². The van der Waals surface area contributed by atoms with Gasteiger partial charge in [0.05, 0.1) is 11.6 Å². The third kappa shape index (κ3) is 1.78. The van der Waals surface area contributed by atoms with Crippen molar-refractivity contribution in [2.75, 3.05) is 13.1 Å². The van der Waals surface area contributed by atoms with E-state index in [2.05, 4.69) is 17.5 Å². The molecule has 1 aromatic rings. The summed E-state index contributed by atoms with van der Waals surface area (Å²) in [6, 6.07) is 10.2. The van der Waals surface area contributed by atoms with E-state index >= 15 is 0 Å². The number of rotatable bonds is 1. The number of nitrogens with zero attached hydrogens (tertiary/aromatic N) is 1. The summed E-state index contributed by atoms with van der Waals surface area (Å²) >= 11 is 0. The van der Waals surface area contributed by atoms with Crippen LogP contribution >= 0.6 is 0 Å². The Morgan fingerprint density at radius 1 is 1.21 bits per heavy atom. The van der Waals surface area contributed by atoms with E-state index in [1.165, 1.54) is 5.56 Å². The molecule has 1 aliphatic rings. The Hall–Kier alpha value is -1.33. The van der Waals surface area contributed by atoms with Crippen LogP contribution in [-0.2, 0) is 0 Å². The zero-order chi connectivity index (χ0) is 9.80. The van der Waals surface area contributed by atoms with Crippen LogP contribution in [0.1, 0.15) is 29.9 Å². The molecule has 14 heavy (non-hydrogen) atoms. The highest BCUT2D eigenvalue weighted by Gasteiger charge is 2.17. The topological polar surface area (TPSA) is 35.8 Å². The lowest BCUT2D eigenvalue weighted by Crippen LogP contribution is -2.26. The normalized spacial score (nSPS) is 17.6. The van der Waals surface area contributed by atoms with Crippen LogP contribution in [0.4, 0.5) is 0 Å². The van der Waals surface area contributed by atoms with E-state index in [0.717, 1.165) is 31.5 Å². The van der Waals surface area contributed by atoms with Crippen LogP contribution in [0.25, 0.3) is 0 Å². The molecule has 0 amide bonds. The molecule has 0 saturated carbocycles. The Bertz CT molecular complexity index is 346. The maximum atomic E-state index is 8.98. The minimum absolute atomic E-state index is 0.576. The predicted octanol–water partition coefficient (Wildman–Crippen LogP) is 2.03. The second-order valence-electron chi connectivity index (χ2n) is 3.72. The minimum atomic E-state index is 0.576. The van der Waals surface area contributed by atoms with Gasteiger partial charge >= 0.3 is 0 Å². The van der Waals surface area contributed by atoms with Crippen molar-refractivity contribution in [3.05, 3.63) is 35.4 Å². The van der Waals surface area contributed by atoms with E-state index in [4.69, 9.17) is 5.26 Å². The first-order valence-electron chi connectivity index (χ1n) is 5.11. The van der Waals surface area contributed by atoms with Gasteiger partial charge in [-0.2, -0.15) is 5.26 Å². The van der Waals surface area contributed by atoms with Crippen LogP contribution in [0, 0.1) is 11.3 Å². The van der Waals surface area contributed by atoms with E-state index in [1.54, 1.807) is 0 Å². The molecule has 0 atom stereocenters. The summed E-state index contributed by atoms with van der Waals surface area (Å²) in [6.45, 7) is 2.15. The van der Waals surface area contributed by atoms with Crippen molar-refractivity contribution >= 4 is 0 Å². The van der Waals surface area contributed by atoms with Gasteiger partial charge in [0, 0.05) is 0 Å². The van der Waals surface area contributed by atoms with Crippen molar-refractivity contribution in [2.45, 2.75) is 18.8 Å². The monoisotopic (exact) mass is 186 g/mol. The first-order chi connectivity index (χ1) is 6.92. The Balaban J connectivity index is 2.26. The molecule has 1 aromatic carbocycles. The van der Waals surface area contributed by atoms with Gasteiger partial charge in [-0.15, -0.1) is 0 Å². The van der Waals surface area contributed by atoms with Crippen molar-refractivity contribution in [3.8, 4) is 6.07 Å². The van der Waals surface area contributed by atoms with Gasteiger partial charge in [0.25, 0.3) is 0 Å². The molecule has 1 heterocycles. The van der Waals surface area contributed by atoms with Gasteiger partial charge in [-0.05, 0) is 43.5 Å². The first-order valence-corrected chi connectivity index (χ1v) is 5.11. The van der Waals surface area contributed by atoms with Crippen molar-refractivity contribution in [1.29, 1.82) is 5.26 Å². The molecule has 2 rings (SSSR count). The van der Waals surface area contributed by atoms with E-state index in [-0.39, 0.29) is 0 Å². The fourth-order valence-electron chi connectivity index (χ4n) is 2.09. The van der Waals surface area contributed by atoms with Crippen LogP contribution in [0.15, 0.2) is 24.3 Å². The lowest BCUT2D eigenvalue weighted by atomic mass is 9.87. The van der Waals surface area contributed by atoms with Gasteiger partial charge in [0.15, 0.2) is 0 Å². The van der Waals surface area contributed by atoms with Crippen LogP contribution < -0.4 is 5.32 Å². The van der Waals surface area contributed by atoms with Gasteiger partial charge in [-0.3, -0.25) is 0 Å². The number of benzene rings is 1. The minimum Gasteiger partial charge on any atom is -0.317 e. The smallest absolute Gasteiger partial charge is 0.0994 e. The van der Waals surface area contributed by atoms with Crippen LogP contribution in [0.2, 0.25) is 0 Å². The number of hydrogen-bond acceptors (Lipinski definition) is 2. The Morgan fingerprint density at radius 3 is 2.64 bits per heavy atom. The van der Waals surface area contributed by atoms with Gasteiger partial charge in [-0.1, -0.05) is 18.2 Å². The molecule has 1 fully saturated rings. The number of hydrogen-bond donors (Lipinski definition) is 1. The SMILES string of the molecule is N#Cc1ccccc1C1CCNCC1. The average molecular weight is 186 g/mol. The molecule has 0 aliphatic carbocycles. The summed E-state index contributed by atoms with van der Waals surface area (Å²) in [5.74, 6) is 0.576. The molecule has 0 radical (unpaired) electrons. The largest absolute Gasteiger partial charge is 0.317 e. The highest BCUT2D eigenvalue weighted by molar-refractivity contribution is 5.39. The standard InChI is InChI=1S/C12H14N2/c13-9-11-3-1-2-4-12(11)10-5-7-14-8-6-10/h1-4,10,14H,5-8H2. The van der Waals surface area contributed by atoms with E-state index in [0.29, 0.717) is 5.92 Å². The first kappa shape index (κ1) is 9.23. The average Bonchev–Trinajstić information content (AvgIpc) is 2.30. The Kier molecular flexibility index (Phi) is 2.81. The molecule has 1 N–H and O–H groups in total. The van der Waals surface area contributed by atoms with Crippen molar-refractivity contribution in [3.63, 3.8) is 0 Å². The molecular formula is C12H14N2. The second kappa shape index (κ2) is 4.26. The summed E-state index contributed by atoms with van der Waals surface area (Å²) in [6.07, 6.45) is 2.30. The van der Waals surface area contributed by atoms with Gasteiger partial charge in [0.2, 0.25) is 0 Å². The summed E-state index contributed by atoms with van der Waals surface area (Å²) in [5, 5.41) is 12.3. The van der Waals surface area contributed by atoms with Gasteiger partial charge < -0.3 is 5.32 Å². The Morgan fingerprint density at radius 2 is 1.93 bits per heavy atom. The van der Waals surface area contributed by atoms with Crippen LogP contribution in [-0.4, -0.2) is 13.1 Å². The summed E-state index contributed by atoms with van der Waals surface area (Å²) in [7, 11) is 0. The lowest BCUT2D eigenvalue weighted by Gasteiger charge is -2.23. The molecule has 2 heteroatoms. The van der Waals surface area contributed by atoms with E-state index < -0.39 is 0 Å². The molecule has 0 unspecified atom stereocenters. The summed E-state index contributed by atoms with van der Waals surface area (Å²) in [4.78, 5) is 0. The highest BCUT2D eigenvalue weighted by Crippen LogP contribution is 2.27. The maximum absolute atomic E-state index is 8.98.